The molecule has 2 saturated heterocycles. The molecule has 0 aliphatic carbocycles. The molecule has 290 valence electrons. The molecule has 0 radical (unpaired) electrons. The number of ether oxygens (including phenoxy) is 3. The molecule has 0 spiro atoms. The molecule has 2 aromatic rings. The summed E-state index contributed by atoms with van der Waals surface area (Å²) in [5.41, 5.74) is -6.49. The summed E-state index contributed by atoms with van der Waals surface area (Å²) < 4.78 is 49.0. The summed E-state index contributed by atoms with van der Waals surface area (Å²) in [7, 11) is 0. The van der Waals surface area contributed by atoms with Crippen molar-refractivity contribution in [2.75, 3.05) is 29.9 Å². The molecule has 13 nitrogen and oxygen atoms in total. The number of carbonyl (C=O) groups is 5. The van der Waals surface area contributed by atoms with Crippen molar-refractivity contribution in [3.63, 3.8) is 0 Å². The third-order valence-corrected chi connectivity index (χ3v) is 8.67. The van der Waals surface area contributed by atoms with Crippen molar-refractivity contribution in [3.8, 4) is 0 Å². The summed E-state index contributed by atoms with van der Waals surface area (Å²) >= 11 is 12.9. The van der Waals surface area contributed by atoms with E-state index in [9.17, 15) is 24.0 Å². The number of nitrogens with zero attached hydrogens (tertiary/aromatic N) is 2. The molecule has 0 aromatic heterocycles. The quantitative estimate of drug-likeness (QED) is 0.199. The minimum Gasteiger partial charge on any atom is -0.444 e. The Hall–Kier alpha value is -4.37. The number of halogens is 4. The van der Waals surface area contributed by atoms with Gasteiger partial charge in [0.05, 0.1) is 27.7 Å². The molecule has 2 atom stereocenters. The van der Waals surface area contributed by atoms with Crippen molar-refractivity contribution in [3.05, 3.63) is 57.1 Å². The summed E-state index contributed by atoms with van der Waals surface area (Å²) in [6, 6.07) is 3.34. The highest BCUT2D eigenvalue weighted by Gasteiger charge is 2.47. The van der Waals surface area contributed by atoms with Crippen LogP contribution in [0.3, 0.4) is 0 Å². The summed E-state index contributed by atoms with van der Waals surface area (Å²) in [6.45, 7) is 14.3. The van der Waals surface area contributed by atoms with Crippen LogP contribution in [0.25, 0.3) is 0 Å². The molecule has 2 aliphatic rings. The number of anilines is 2. The second kappa shape index (κ2) is 15.2. The lowest BCUT2D eigenvalue weighted by Gasteiger charge is -2.34. The lowest BCUT2D eigenvalue weighted by atomic mass is 9.87. The van der Waals surface area contributed by atoms with Gasteiger partial charge in [-0.1, -0.05) is 23.2 Å². The Bertz CT molecular complexity index is 1780. The van der Waals surface area contributed by atoms with E-state index in [0.717, 1.165) is 18.2 Å². The molecule has 2 aliphatic heterocycles. The van der Waals surface area contributed by atoms with Crippen LogP contribution >= 0.6 is 23.2 Å². The number of likely N-dealkylation sites (tertiary alicyclic amines) is 1. The maximum atomic E-state index is 16.7. The SMILES string of the molecule is CC(C)(C)OC(=O)N1CCC(Nc2cc(F)c(N(C(=O)OC(C)(C)C)C(=O)OC(C)(C)C)c(C(=O)NC3CCNC3=O)c2)(c2c(F)ccc(Cl)c2Cl)C1. The van der Waals surface area contributed by atoms with E-state index in [-0.39, 0.29) is 58.7 Å². The van der Waals surface area contributed by atoms with Crippen molar-refractivity contribution in [2.45, 2.75) is 104 Å². The third-order valence-electron chi connectivity index (χ3n) is 7.86. The van der Waals surface area contributed by atoms with E-state index in [4.69, 9.17) is 37.4 Å². The molecular formula is C36H45Cl2F2N5O8. The van der Waals surface area contributed by atoms with E-state index in [1.54, 1.807) is 20.8 Å². The molecule has 2 heterocycles. The van der Waals surface area contributed by atoms with E-state index in [1.165, 1.54) is 52.5 Å². The van der Waals surface area contributed by atoms with Crippen molar-refractivity contribution in [1.29, 1.82) is 0 Å². The van der Waals surface area contributed by atoms with Crippen LogP contribution in [-0.4, -0.2) is 77.5 Å². The van der Waals surface area contributed by atoms with Crippen molar-refractivity contribution < 1.29 is 47.0 Å². The summed E-state index contributed by atoms with van der Waals surface area (Å²) in [4.78, 5) is 68.5. The van der Waals surface area contributed by atoms with Crippen LogP contribution in [0.4, 0.5) is 34.5 Å². The fraction of sp³-hybridized carbons (Fsp3) is 0.528. The smallest absolute Gasteiger partial charge is 0.424 e. The van der Waals surface area contributed by atoms with E-state index in [1.807, 2.05) is 0 Å². The monoisotopic (exact) mass is 783 g/mol. The first kappa shape index (κ1) is 41.4. The zero-order chi connectivity index (χ0) is 39.8. The average Bonchev–Trinajstić information content (AvgIpc) is 3.60. The second-order valence-corrected chi connectivity index (χ2v) is 16.6. The van der Waals surface area contributed by atoms with Gasteiger partial charge in [0.2, 0.25) is 5.91 Å². The van der Waals surface area contributed by atoms with E-state index < -0.39 is 81.4 Å². The largest absolute Gasteiger partial charge is 0.444 e. The Morgan fingerprint density at radius 2 is 1.49 bits per heavy atom. The Morgan fingerprint density at radius 3 is 2.02 bits per heavy atom. The number of hydrogen-bond acceptors (Lipinski definition) is 9. The first-order chi connectivity index (χ1) is 24.3. The number of hydrogen-bond donors (Lipinski definition) is 3. The molecular weight excluding hydrogens is 739 g/mol. The first-order valence-corrected chi connectivity index (χ1v) is 17.6. The number of carbonyl (C=O) groups excluding carboxylic acids is 5. The maximum Gasteiger partial charge on any atom is 0.424 e. The van der Waals surface area contributed by atoms with Crippen LogP contribution in [0.5, 0.6) is 0 Å². The van der Waals surface area contributed by atoms with Gasteiger partial charge in [0.1, 0.15) is 34.3 Å². The third kappa shape index (κ3) is 9.99. The van der Waals surface area contributed by atoms with Crippen LogP contribution in [0.1, 0.15) is 91.1 Å². The molecule has 0 bridgehead atoms. The molecule has 4 rings (SSSR count). The maximum absolute atomic E-state index is 16.7. The van der Waals surface area contributed by atoms with Gasteiger partial charge < -0.3 is 35.1 Å². The van der Waals surface area contributed by atoms with Crippen LogP contribution in [-0.2, 0) is 24.5 Å². The van der Waals surface area contributed by atoms with Crippen LogP contribution in [0.2, 0.25) is 10.0 Å². The molecule has 2 unspecified atom stereocenters. The summed E-state index contributed by atoms with van der Waals surface area (Å²) in [6.07, 6.45) is -3.20. The number of nitrogens with one attached hydrogen (secondary N) is 3. The number of imide groups is 1. The molecule has 17 heteroatoms. The second-order valence-electron chi connectivity index (χ2n) is 15.8. The lowest BCUT2D eigenvalue weighted by Crippen LogP contribution is -2.46. The highest BCUT2D eigenvalue weighted by atomic mass is 35.5. The topological polar surface area (TPSA) is 156 Å². The normalized spacial score (nSPS) is 19.0. The molecule has 5 amide bonds. The molecule has 3 N–H and O–H groups in total. The molecule has 2 fully saturated rings. The van der Waals surface area contributed by atoms with Gasteiger partial charge in [-0.25, -0.2) is 23.2 Å². The molecule has 0 saturated carbocycles. The van der Waals surface area contributed by atoms with Crippen LogP contribution in [0.15, 0.2) is 24.3 Å². The minimum atomic E-state index is -1.58. The van der Waals surface area contributed by atoms with Crippen LogP contribution in [0, 0.1) is 11.6 Å². The van der Waals surface area contributed by atoms with Gasteiger partial charge in [-0.15, -0.1) is 0 Å². The van der Waals surface area contributed by atoms with Gasteiger partial charge in [0.25, 0.3) is 5.91 Å². The van der Waals surface area contributed by atoms with Crippen molar-refractivity contribution in [2.24, 2.45) is 0 Å². The lowest BCUT2D eigenvalue weighted by molar-refractivity contribution is -0.120. The predicted molar refractivity (Wildman–Crippen MR) is 194 cm³/mol. The van der Waals surface area contributed by atoms with Gasteiger partial charge in [0, 0.05) is 24.3 Å². The Morgan fingerprint density at radius 1 is 0.906 bits per heavy atom. The highest BCUT2D eigenvalue weighted by molar-refractivity contribution is 6.42. The summed E-state index contributed by atoms with van der Waals surface area (Å²) in [5.74, 6) is -3.60. The Labute approximate surface area is 316 Å². The van der Waals surface area contributed by atoms with Gasteiger partial charge in [-0.3, -0.25) is 9.59 Å². The van der Waals surface area contributed by atoms with Gasteiger partial charge in [-0.2, -0.15) is 4.90 Å². The van der Waals surface area contributed by atoms with Crippen molar-refractivity contribution in [1.82, 2.24) is 15.5 Å². The molecule has 2 aromatic carbocycles. The Kier molecular flexibility index (Phi) is 11.8. The minimum absolute atomic E-state index is 0.00163. The van der Waals surface area contributed by atoms with Crippen LogP contribution < -0.4 is 20.9 Å². The number of rotatable bonds is 6. The van der Waals surface area contributed by atoms with E-state index in [2.05, 4.69) is 16.0 Å². The number of amides is 5. The van der Waals surface area contributed by atoms with Crippen molar-refractivity contribution >= 4 is 64.7 Å². The predicted octanol–water partition coefficient (Wildman–Crippen LogP) is 7.51. The fourth-order valence-corrected chi connectivity index (χ4v) is 6.31. The van der Waals surface area contributed by atoms with Gasteiger partial charge in [-0.05, 0) is 99.4 Å². The average molecular weight is 785 g/mol. The number of benzene rings is 2. The summed E-state index contributed by atoms with van der Waals surface area (Å²) in [5, 5.41) is 8.03. The van der Waals surface area contributed by atoms with Gasteiger partial charge >= 0.3 is 18.3 Å². The van der Waals surface area contributed by atoms with Gasteiger partial charge in [0.15, 0.2) is 5.82 Å². The fourth-order valence-electron chi connectivity index (χ4n) is 5.81. The standard InChI is InChI=1S/C36H45Cl2F2N5O8/c1-33(2,3)51-30(48)44-15-13-36(18-44,25-22(39)11-10-21(37)26(25)38)43-19-16-20(28(46)42-24-12-14-41-29(24)47)27(23(40)17-19)45(31(49)52-34(4,5)6)32(50)53-35(7,8)9/h10-11,16-17,24,43H,12-15,18H2,1-9H3,(H,41,47)(H,42,46). The first-order valence-electron chi connectivity index (χ1n) is 16.9. The molecule has 53 heavy (non-hydrogen) atoms. The zero-order valence-corrected chi connectivity index (χ0v) is 32.6. The van der Waals surface area contributed by atoms with E-state index >= 15 is 8.78 Å². The highest BCUT2D eigenvalue weighted by Crippen LogP contribution is 2.44. The Balaban J connectivity index is 1.93. The van der Waals surface area contributed by atoms with E-state index in [0.29, 0.717) is 0 Å². The zero-order valence-electron chi connectivity index (χ0n) is 31.1.